The van der Waals surface area contributed by atoms with Crippen molar-refractivity contribution in [3.8, 4) is 22.4 Å². The fourth-order valence-corrected chi connectivity index (χ4v) is 3.14. The summed E-state index contributed by atoms with van der Waals surface area (Å²) >= 11 is 0. The number of cyclic esters (lactones) is 1. The predicted octanol–water partition coefficient (Wildman–Crippen LogP) is 3.20. The van der Waals surface area contributed by atoms with Crippen molar-refractivity contribution in [3.63, 3.8) is 0 Å². The van der Waals surface area contributed by atoms with E-state index in [4.69, 9.17) is 9.47 Å². The number of benzene rings is 1. The summed E-state index contributed by atoms with van der Waals surface area (Å²) in [7, 11) is 1.36. The van der Waals surface area contributed by atoms with Crippen molar-refractivity contribution in [1.82, 2.24) is 9.97 Å². The van der Waals surface area contributed by atoms with E-state index in [2.05, 4.69) is 9.97 Å². The van der Waals surface area contributed by atoms with Gasteiger partial charge in [-0.3, -0.25) is 14.8 Å². The molecule has 134 valence electrons. The van der Waals surface area contributed by atoms with Gasteiger partial charge < -0.3 is 9.47 Å². The fourth-order valence-electron chi connectivity index (χ4n) is 3.14. The first-order valence-electron chi connectivity index (χ1n) is 8.43. The summed E-state index contributed by atoms with van der Waals surface area (Å²) in [5.74, 6) is -0.647. The Hall–Kier alpha value is -3.54. The normalized spacial score (nSPS) is 12.9. The van der Waals surface area contributed by atoms with Gasteiger partial charge in [0.1, 0.15) is 6.61 Å². The molecule has 0 saturated carbocycles. The molecule has 0 atom stereocenters. The van der Waals surface area contributed by atoms with Gasteiger partial charge >= 0.3 is 11.9 Å². The Morgan fingerprint density at radius 3 is 2.74 bits per heavy atom. The molecule has 0 unspecified atom stereocenters. The van der Waals surface area contributed by atoms with E-state index in [1.165, 1.54) is 7.11 Å². The molecule has 0 aliphatic carbocycles. The van der Waals surface area contributed by atoms with Crippen LogP contribution in [0.1, 0.15) is 21.6 Å². The lowest BCUT2D eigenvalue weighted by Crippen LogP contribution is -2.18. The highest BCUT2D eigenvalue weighted by atomic mass is 16.5. The Balaban J connectivity index is 1.77. The zero-order chi connectivity index (χ0) is 18.8. The average Bonchev–Trinajstić information content (AvgIpc) is 2.73. The lowest BCUT2D eigenvalue weighted by molar-refractivity contribution is -0.145. The van der Waals surface area contributed by atoms with E-state index in [0.717, 1.165) is 33.6 Å². The van der Waals surface area contributed by atoms with Crippen LogP contribution in [0.2, 0.25) is 0 Å². The average molecular weight is 360 g/mol. The number of pyridine rings is 2. The lowest BCUT2D eigenvalue weighted by Gasteiger charge is -2.18. The maximum absolute atomic E-state index is 11.8. The molecular weight excluding hydrogens is 344 g/mol. The number of nitrogens with zero attached hydrogens (tertiary/aromatic N) is 2. The molecule has 6 nitrogen and oxygen atoms in total. The number of ether oxygens (including phenoxy) is 2. The summed E-state index contributed by atoms with van der Waals surface area (Å²) in [6.07, 6.45) is 3.59. The maximum Gasteiger partial charge on any atom is 0.337 e. The Morgan fingerprint density at radius 1 is 1.07 bits per heavy atom. The molecular formula is C21H16N2O4. The zero-order valence-corrected chi connectivity index (χ0v) is 14.6. The third kappa shape index (κ3) is 3.29. The van der Waals surface area contributed by atoms with Crippen LogP contribution in [0.4, 0.5) is 0 Å². The van der Waals surface area contributed by atoms with Crippen LogP contribution < -0.4 is 0 Å². The van der Waals surface area contributed by atoms with Crippen LogP contribution in [0.25, 0.3) is 22.4 Å². The molecule has 1 aliphatic heterocycles. The third-order valence-electron chi connectivity index (χ3n) is 4.49. The van der Waals surface area contributed by atoms with Gasteiger partial charge in [0.15, 0.2) is 0 Å². The van der Waals surface area contributed by atoms with Gasteiger partial charge in [0, 0.05) is 18.0 Å². The standard InChI is InChI=1S/C21H16N2O4/c1-26-21(25)15-4-2-3-13(9-15)14-5-7-22-18(10-14)16-6-8-23-19-12-27-20(24)11-17(16)19/h2-10H,11-12H2,1H3. The molecule has 1 aliphatic rings. The summed E-state index contributed by atoms with van der Waals surface area (Å²) in [5, 5.41) is 0. The summed E-state index contributed by atoms with van der Waals surface area (Å²) in [4.78, 5) is 32.3. The minimum Gasteiger partial charge on any atom is -0.465 e. The Kier molecular flexibility index (Phi) is 4.38. The molecule has 3 aromatic rings. The van der Waals surface area contributed by atoms with Crippen LogP contribution >= 0.6 is 0 Å². The van der Waals surface area contributed by atoms with Gasteiger partial charge in [-0.1, -0.05) is 12.1 Å². The van der Waals surface area contributed by atoms with Crippen LogP contribution in [-0.4, -0.2) is 29.0 Å². The highest BCUT2D eigenvalue weighted by molar-refractivity contribution is 5.91. The quantitative estimate of drug-likeness (QED) is 0.668. The molecule has 0 fully saturated rings. The number of esters is 2. The molecule has 0 amide bonds. The van der Waals surface area contributed by atoms with Crippen molar-refractivity contribution in [3.05, 3.63) is 71.7 Å². The number of hydrogen-bond donors (Lipinski definition) is 0. The molecule has 27 heavy (non-hydrogen) atoms. The van der Waals surface area contributed by atoms with Crippen LogP contribution in [0, 0.1) is 0 Å². The van der Waals surface area contributed by atoms with Crippen LogP contribution in [0.15, 0.2) is 54.9 Å². The molecule has 1 aromatic carbocycles. The third-order valence-corrected chi connectivity index (χ3v) is 4.49. The van der Waals surface area contributed by atoms with Crippen LogP contribution in [0.5, 0.6) is 0 Å². The molecule has 0 radical (unpaired) electrons. The summed E-state index contributed by atoms with van der Waals surface area (Å²) < 4.78 is 9.86. The number of carbonyl (C=O) groups is 2. The van der Waals surface area contributed by atoms with Crippen molar-refractivity contribution >= 4 is 11.9 Å². The smallest absolute Gasteiger partial charge is 0.337 e. The number of hydrogen-bond acceptors (Lipinski definition) is 6. The number of methoxy groups -OCH3 is 1. The van der Waals surface area contributed by atoms with E-state index in [-0.39, 0.29) is 25.0 Å². The van der Waals surface area contributed by atoms with Gasteiger partial charge in [-0.15, -0.1) is 0 Å². The minimum absolute atomic E-state index is 0.183. The molecule has 0 bridgehead atoms. The van der Waals surface area contributed by atoms with Crippen molar-refractivity contribution in [1.29, 1.82) is 0 Å². The first-order valence-corrected chi connectivity index (χ1v) is 8.43. The molecule has 0 saturated heterocycles. The Bertz CT molecular complexity index is 1050. The largest absolute Gasteiger partial charge is 0.465 e. The zero-order valence-electron chi connectivity index (χ0n) is 14.6. The van der Waals surface area contributed by atoms with Gasteiger partial charge in [-0.25, -0.2) is 4.79 Å². The first-order chi connectivity index (χ1) is 13.2. The number of aromatic nitrogens is 2. The predicted molar refractivity (Wildman–Crippen MR) is 97.7 cm³/mol. The molecule has 2 aromatic heterocycles. The van der Waals surface area contributed by atoms with Crippen molar-refractivity contribution < 1.29 is 19.1 Å². The topological polar surface area (TPSA) is 78.4 Å². The maximum atomic E-state index is 11.8. The molecule has 0 N–H and O–H groups in total. The Labute approximate surface area is 155 Å². The fraction of sp³-hybridized carbons (Fsp3) is 0.143. The van der Waals surface area contributed by atoms with E-state index in [1.54, 1.807) is 24.5 Å². The van der Waals surface area contributed by atoms with Gasteiger partial charge in [0.2, 0.25) is 0 Å². The SMILES string of the molecule is COC(=O)c1cccc(-c2ccnc(-c3ccnc4c3CC(=O)OC4)c2)c1. The van der Waals surface area contributed by atoms with Crippen molar-refractivity contribution in [2.45, 2.75) is 13.0 Å². The monoisotopic (exact) mass is 360 g/mol. The molecule has 0 spiro atoms. The summed E-state index contributed by atoms with van der Waals surface area (Å²) in [6.45, 7) is 0.183. The highest BCUT2D eigenvalue weighted by Gasteiger charge is 2.22. The van der Waals surface area contributed by atoms with Gasteiger partial charge in [0.05, 0.1) is 30.5 Å². The second-order valence-corrected chi connectivity index (χ2v) is 6.12. The lowest BCUT2D eigenvalue weighted by atomic mass is 9.96. The Morgan fingerprint density at radius 2 is 1.89 bits per heavy atom. The van der Waals surface area contributed by atoms with E-state index in [0.29, 0.717) is 5.56 Å². The van der Waals surface area contributed by atoms with E-state index in [9.17, 15) is 9.59 Å². The number of rotatable bonds is 3. The van der Waals surface area contributed by atoms with Crippen LogP contribution in [-0.2, 0) is 27.3 Å². The second kappa shape index (κ2) is 6.99. The van der Waals surface area contributed by atoms with E-state index >= 15 is 0 Å². The minimum atomic E-state index is -0.382. The van der Waals surface area contributed by atoms with Crippen molar-refractivity contribution in [2.75, 3.05) is 7.11 Å². The van der Waals surface area contributed by atoms with Gasteiger partial charge in [-0.2, -0.15) is 0 Å². The van der Waals surface area contributed by atoms with Crippen molar-refractivity contribution in [2.24, 2.45) is 0 Å². The molecule has 3 heterocycles. The number of fused-ring (bicyclic) bond motifs is 1. The summed E-state index contributed by atoms with van der Waals surface area (Å²) in [5.41, 5.74) is 5.48. The second-order valence-electron chi connectivity index (χ2n) is 6.12. The highest BCUT2D eigenvalue weighted by Crippen LogP contribution is 2.30. The van der Waals surface area contributed by atoms with Gasteiger partial charge in [-0.05, 0) is 47.0 Å². The molecule has 4 rings (SSSR count). The molecule has 6 heteroatoms. The number of carbonyl (C=O) groups excluding carboxylic acids is 2. The van der Waals surface area contributed by atoms with Crippen LogP contribution in [0.3, 0.4) is 0 Å². The van der Waals surface area contributed by atoms with E-state index < -0.39 is 0 Å². The van der Waals surface area contributed by atoms with E-state index in [1.807, 2.05) is 30.3 Å². The van der Waals surface area contributed by atoms with Gasteiger partial charge in [0.25, 0.3) is 0 Å². The summed E-state index contributed by atoms with van der Waals surface area (Å²) in [6, 6.07) is 12.9. The first kappa shape index (κ1) is 16.9.